The average Bonchev–Trinajstić information content (AvgIpc) is 2.17. The minimum atomic E-state index is -0.552. The van der Waals surface area contributed by atoms with E-state index in [0.717, 1.165) is 0 Å². The second kappa shape index (κ2) is 5.51. The lowest BCUT2D eigenvalue weighted by molar-refractivity contribution is 0.153. The molecule has 0 aliphatic heterocycles. The SMILES string of the molecule is COCC(CO)Nc1ccnc(F)c1. The van der Waals surface area contributed by atoms with Crippen LogP contribution in [0.15, 0.2) is 18.3 Å². The van der Waals surface area contributed by atoms with Crippen LogP contribution in [0.2, 0.25) is 0 Å². The standard InChI is InChI=1S/C9H13FN2O2/c1-14-6-8(5-13)12-7-2-3-11-9(10)4-7/h2-4,8,13H,5-6H2,1H3,(H,11,12). The van der Waals surface area contributed by atoms with Gasteiger partial charge in [-0.25, -0.2) is 4.98 Å². The number of aromatic nitrogens is 1. The summed E-state index contributed by atoms with van der Waals surface area (Å²) in [5, 5.41) is 11.9. The van der Waals surface area contributed by atoms with Crippen molar-refractivity contribution in [2.45, 2.75) is 6.04 Å². The van der Waals surface area contributed by atoms with E-state index in [2.05, 4.69) is 10.3 Å². The molecule has 0 spiro atoms. The number of rotatable bonds is 5. The third-order valence-electron chi connectivity index (χ3n) is 1.69. The molecule has 0 aliphatic carbocycles. The van der Waals surface area contributed by atoms with E-state index in [1.807, 2.05) is 0 Å². The van der Waals surface area contributed by atoms with Crippen molar-refractivity contribution in [3.63, 3.8) is 0 Å². The first kappa shape index (κ1) is 10.9. The third-order valence-corrected chi connectivity index (χ3v) is 1.69. The van der Waals surface area contributed by atoms with Crippen LogP contribution in [0.1, 0.15) is 0 Å². The fraction of sp³-hybridized carbons (Fsp3) is 0.444. The monoisotopic (exact) mass is 200 g/mol. The van der Waals surface area contributed by atoms with E-state index in [0.29, 0.717) is 12.3 Å². The number of anilines is 1. The molecule has 1 unspecified atom stereocenters. The van der Waals surface area contributed by atoms with Crippen LogP contribution in [0.25, 0.3) is 0 Å². The Morgan fingerprint density at radius 2 is 2.50 bits per heavy atom. The van der Waals surface area contributed by atoms with Gasteiger partial charge in [0.1, 0.15) is 0 Å². The fourth-order valence-electron chi connectivity index (χ4n) is 1.07. The van der Waals surface area contributed by atoms with Crippen LogP contribution in [0.4, 0.5) is 10.1 Å². The van der Waals surface area contributed by atoms with Gasteiger partial charge in [0, 0.05) is 25.1 Å². The van der Waals surface area contributed by atoms with Gasteiger partial charge in [0.25, 0.3) is 0 Å². The zero-order valence-corrected chi connectivity index (χ0v) is 7.90. The number of hydrogen-bond acceptors (Lipinski definition) is 4. The molecule has 14 heavy (non-hydrogen) atoms. The molecule has 0 aromatic carbocycles. The number of methoxy groups -OCH3 is 1. The van der Waals surface area contributed by atoms with E-state index in [9.17, 15) is 4.39 Å². The highest BCUT2D eigenvalue weighted by Gasteiger charge is 2.06. The van der Waals surface area contributed by atoms with Crippen LogP contribution in [-0.2, 0) is 4.74 Å². The van der Waals surface area contributed by atoms with Crippen molar-refractivity contribution in [2.75, 3.05) is 25.6 Å². The Balaban J connectivity index is 2.57. The molecule has 2 N–H and O–H groups in total. The summed E-state index contributed by atoms with van der Waals surface area (Å²) in [7, 11) is 1.54. The van der Waals surface area contributed by atoms with Gasteiger partial charge in [-0.2, -0.15) is 4.39 Å². The van der Waals surface area contributed by atoms with Gasteiger partial charge in [0.05, 0.1) is 19.3 Å². The molecule has 78 valence electrons. The van der Waals surface area contributed by atoms with Gasteiger partial charge in [0.15, 0.2) is 0 Å². The molecule has 0 fully saturated rings. The Hall–Kier alpha value is -1.20. The smallest absolute Gasteiger partial charge is 0.214 e. The maximum atomic E-state index is 12.7. The maximum absolute atomic E-state index is 12.7. The first-order chi connectivity index (χ1) is 6.76. The molecular formula is C9H13FN2O2. The van der Waals surface area contributed by atoms with Gasteiger partial charge in [-0.05, 0) is 6.07 Å². The van der Waals surface area contributed by atoms with Gasteiger partial charge in [-0.3, -0.25) is 0 Å². The zero-order valence-electron chi connectivity index (χ0n) is 7.90. The van der Waals surface area contributed by atoms with E-state index in [1.54, 1.807) is 6.07 Å². The van der Waals surface area contributed by atoms with E-state index in [1.165, 1.54) is 19.4 Å². The first-order valence-electron chi connectivity index (χ1n) is 4.24. The highest BCUT2D eigenvalue weighted by molar-refractivity contribution is 5.42. The molecule has 5 heteroatoms. The van der Waals surface area contributed by atoms with Crippen molar-refractivity contribution in [2.24, 2.45) is 0 Å². The number of ether oxygens (including phenoxy) is 1. The predicted octanol–water partition coefficient (Wildman–Crippen LogP) is 0.640. The average molecular weight is 200 g/mol. The molecule has 0 aliphatic rings. The third kappa shape index (κ3) is 3.27. The van der Waals surface area contributed by atoms with E-state index in [4.69, 9.17) is 9.84 Å². The topological polar surface area (TPSA) is 54.4 Å². The van der Waals surface area contributed by atoms with Crippen molar-refractivity contribution in [1.82, 2.24) is 4.98 Å². The molecule has 1 aromatic heterocycles. The van der Waals surface area contributed by atoms with E-state index >= 15 is 0 Å². The summed E-state index contributed by atoms with van der Waals surface area (Å²) < 4.78 is 17.5. The molecule has 1 atom stereocenters. The Bertz CT molecular complexity index is 283. The van der Waals surface area contributed by atoms with Crippen molar-refractivity contribution >= 4 is 5.69 Å². The predicted molar refractivity (Wildman–Crippen MR) is 50.6 cm³/mol. The second-order valence-corrected chi connectivity index (χ2v) is 2.85. The number of nitrogens with zero attached hydrogens (tertiary/aromatic N) is 1. The molecule has 0 saturated carbocycles. The Labute approximate surface area is 81.7 Å². The summed E-state index contributed by atoms with van der Waals surface area (Å²) in [6, 6.07) is 2.65. The summed E-state index contributed by atoms with van der Waals surface area (Å²) in [6.45, 7) is 0.290. The molecule has 1 rings (SSSR count). The van der Waals surface area contributed by atoms with Crippen LogP contribution in [0, 0.1) is 5.95 Å². The van der Waals surface area contributed by atoms with Crippen LogP contribution in [0.3, 0.4) is 0 Å². The summed E-state index contributed by atoms with van der Waals surface area (Å²) >= 11 is 0. The van der Waals surface area contributed by atoms with Crippen molar-refractivity contribution in [1.29, 1.82) is 0 Å². The van der Waals surface area contributed by atoms with Crippen molar-refractivity contribution in [3.05, 3.63) is 24.3 Å². The Morgan fingerprint density at radius 1 is 1.71 bits per heavy atom. The summed E-state index contributed by atoms with van der Waals surface area (Å²) in [5.74, 6) is -0.552. The molecule has 0 saturated heterocycles. The van der Waals surface area contributed by atoms with Gasteiger partial charge >= 0.3 is 0 Å². The number of halogens is 1. The summed E-state index contributed by atoms with van der Waals surface area (Å²) in [4.78, 5) is 3.42. The van der Waals surface area contributed by atoms with Crippen molar-refractivity contribution in [3.8, 4) is 0 Å². The largest absolute Gasteiger partial charge is 0.394 e. The maximum Gasteiger partial charge on any atom is 0.214 e. The zero-order chi connectivity index (χ0) is 10.4. The molecular weight excluding hydrogens is 187 g/mol. The summed E-state index contributed by atoms with van der Waals surface area (Å²) in [6.07, 6.45) is 1.36. The minimum absolute atomic E-state index is 0.0716. The normalized spacial score (nSPS) is 12.5. The minimum Gasteiger partial charge on any atom is -0.394 e. The van der Waals surface area contributed by atoms with Crippen LogP contribution in [0.5, 0.6) is 0 Å². The van der Waals surface area contributed by atoms with Gasteiger partial charge in [-0.1, -0.05) is 0 Å². The Kier molecular flexibility index (Phi) is 4.28. The van der Waals surface area contributed by atoms with Crippen LogP contribution in [-0.4, -0.2) is 36.5 Å². The van der Waals surface area contributed by atoms with Gasteiger partial charge in [-0.15, -0.1) is 0 Å². The second-order valence-electron chi connectivity index (χ2n) is 2.85. The van der Waals surface area contributed by atoms with E-state index < -0.39 is 5.95 Å². The highest BCUT2D eigenvalue weighted by atomic mass is 19.1. The lowest BCUT2D eigenvalue weighted by Crippen LogP contribution is -2.28. The number of hydrogen-bond donors (Lipinski definition) is 2. The molecule has 1 aromatic rings. The first-order valence-corrected chi connectivity index (χ1v) is 4.24. The number of aliphatic hydroxyl groups excluding tert-OH is 1. The Morgan fingerprint density at radius 3 is 3.07 bits per heavy atom. The van der Waals surface area contributed by atoms with E-state index in [-0.39, 0.29) is 12.6 Å². The van der Waals surface area contributed by atoms with Gasteiger partial charge < -0.3 is 15.2 Å². The van der Waals surface area contributed by atoms with Crippen LogP contribution >= 0.6 is 0 Å². The summed E-state index contributed by atoms with van der Waals surface area (Å²) in [5.41, 5.74) is 0.577. The molecule has 0 bridgehead atoms. The van der Waals surface area contributed by atoms with Crippen LogP contribution < -0.4 is 5.32 Å². The molecule has 0 radical (unpaired) electrons. The number of pyridine rings is 1. The molecule has 0 amide bonds. The fourth-order valence-corrected chi connectivity index (χ4v) is 1.07. The van der Waals surface area contributed by atoms with Crippen molar-refractivity contribution < 1.29 is 14.2 Å². The number of nitrogens with one attached hydrogen (secondary N) is 1. The lowest BCUT2D eigenvalue weighted by Gasteiger charge is -2.16. The lowest BCUT2D eigenvalue weighted by atomic mass is 10.3. The molecule has 4 nitrogen and oxygen atoms in total. The number of aliphatic hydroxyl groups is 1. The molecule has 1 heterocycles. The quantitative estimate of drug-likeness (QED) is 0.685. The highest BCUT2D eigenvalue weighted by Crippen LogP contribution is 2.08. The van der Waals surface area contributed by atoms with Gasteiger partial charge in [0.2, 0.25) is 5.95 Å².